The molecule has 0 fully saturated rings. The van der Waals surface area contributed by atoms with Gasteiger partial charge in [0.05, 0.1) is 0 Å². The number of hydrogen-bond donors (Lipinski definition) is 1. The zero-order valence-corrected chi connectivity index (χ0v) is 11.8. The first-order valence-electron chi connectivity index (χ1n) is 6.00. The van der Waals surface area contributed by atoms with E-state index < -0.39 is 0 Å². The summed E-state index contributed by atoms with van der Waals surface area (Å²) >= 11 is 1.63. The van der Waals surface area contributed by atoms with Crippen LogP contribution in [-0.4, -0.2) is 12.0 Å². The highest BCUT2D eigenvalue weighted by Crippen LogP contribution is 2.19. The number of ether oxygens (including phenoxy) is 1. The minimum atomic E-state index is 0.362. The molecule has 1 aromatic carbocycles. The topological polar surface area (TPSA) is 34.1 Å². The first kappa shape index (κ1) is 13.1. The summed E-state index contributed by atoms with van der Waals surface area (Å²) in [6, 6.07) is 8.54. The molecule has 0 bridgehead atoms. The van der Waals surface area contributed by atoms with Crippen LogP contribution in [0.25, 0.3) is 0 Å². The monoisotopic (exact) mass is 262 g/mol. The van der Waals surface area contributed by atoms with Crippen molar-refractivity contribution >= 4 is 11.3 Å². The molecule has 1 atom stereocenters. The maximum atomic E-state index is 5.70. The predicted molar refractivity (Wildman–Crippen MR) is 75.1 cm³/mol. The Bertz CT molecular complexity index is 493. The Balaban J connectivity index is 1.94. The highest BCUT2D eigenvalue weighted by molar-refractivity contribution is 7.09. The van der Waals surface area contributed by atoms with Gasteiger partial charge in [-0.15, -0.1) is 11.3 Å². The van der Waals surface area contributed by atoms with E-state index in [2.05, 4.69) is 29.4 Å². The summed E-state index contributed by atoms with van der Waals surface area (Å²) in [7, 11) is 1.96. The van der Waals surface area contributed by atoms with E-state index >= 15 is 0 Å². The van der Waals surface area contributed by atoms with Crippen LogP contribution in [0.1, 0.15) is 29.2 Å². The SMILES string of the molecule is CNC(C)c1ccc(OCc2nc(C)cs2)cc1. The molecule has 1 unspecified atom stereocenters. The van der Waals surface area contributed by atoms with Gasteiger partial charge in [0, 0.05) is 17.1 Å². The molecule has 0 aliphatic heterocycles. The summed E-state index contributed by atoms with van der Waals surface area (Å²) in [5.41, 5.74) is 2.31. The minimum Gasteiger partial charge on any atom is -0.486 e. The maximum Gasteiger partial charge on any atom is 0.140 e. The molecular weight excluding hydrogens is 244 g/mol. The van der Waals surface area contributed by atoms with Crippen molar-refractivity contribution in [1.29, 1.82) is 0 Å². The van der Waals surface area contributed by atoms with Crippen molar-refractivity contribution in [2.75, 3.05) is 7.05 Å². The van der Waals surface area contributed by atoms with Gasteiger partial charge < -0.3 is 10.1 Å². The van der Waals surface area contributed by atoms with Crippen molar-refractivity contribution in [2.45, 2.75) is 26.5 Å². The van der Waals surface area contributed by atoms with E-state index in [0.29, 0.717) is 12.6 Å². The Morgan fingerprint density at radius 2 is 2.06 bits per heavy atom. The molecule has 3 nitrogen and oxygen atoms in total. The fraction of sp³-hybridized carbons (Fsp3) is 0.357. The van der Waals surface area contributed by atoms with Gasteiger partial charge in [-0.25, -0.2) is 4.98 Å². The lowest BCUT2D eigenvalue weighted by Crippen LogP contribution is -2.11. The standard InChI is InChI=1S/C14H18N2OS/c1-10-9-18-14(16-10)8-17-13-6-4-12(5-7-13)11(2)15-3/h4-7,9,11,15H,8H2,1-3H3. The number of hydrogen-bond acceptors (Lipinski definition) is 4. The molecule has 0 aliphatic rings. The van der Waals surface area contributed by atoms with Gasteiger partial charge >= 0.3 is 0 Å². The quantitative estimate of drug-likeness (QED) is 0.897. The number of thiazole rings is 1. The zero-order chi connectivity index (χ0) is 13.0. The van der Waals surface area contributed by atoms with Crippen molar-refractivity contribution < 1.29 is 4.74 Å². The van der Waals surface area contributed by atoms with Crippen molar-refractivity contribution in [3.05, 3.63) is 45.9 Å². The Labute approximate surface area is 112 Å². The van der Waals surface area contributed by atoms with E-state index in [4.69, 9.17) is 4.74 Å². The summed E-state index contributed by atoms with van der Waals surface area (Å²) in [4.78, 5) is 4.37. The molecule has 0 saturated heterocycles. The number of nitrogens with one attached hydrogen (secondary N) is 1. The Hall–Kier alpha value is -1.39. The molecule has 0 spiro atoms. The van der Waals surface area contributed by atoms with Gasteiger partial charge in [-0.2, -0.15) is 0 Å². The van der Waals surface area contributed by atoms with Crippen LogP contribution in [0.2, 0.25) is 0 Å². The molecule has 2 rings (SSSR count). The zero-order valence-electron chi connectivity index (χ0n) is 10.9. The van der Waals surface area contributed by atoms with Crippen molar-refractivity contribution in [2.24, 2.45) is 0 Å². The van der Waals surface area contributed by atoms with Crippen LogP contribution in [0.4, 0.5) is 0 Å². The van der Waals surface area contributed by atoms with Crippen molar-refractivity contribution in [3.63, 3.8) is 0 Å². The average Bonchev–Trinajstić information content (AvgIpc) is 2.82. The Morgan fingerprint density at radius 3 is 2.61 bits per heavy atom. The lowest BCUT2D eigenvalue weighted by atomic mass is 10.1. The molecule has 0 amide bonds. The van der Waals surface area contributed by atoms with Gasteiger partial charge in [-0.05, 0) is 38.6 Å². The van der Waals surface area contributed by atoms with Crippen LogP contribution >= 0.6 is 11.3 Å². The minimum absolute atomic E-state index is 0.362. The molecule has 1 heterocycles. The largest absolute Gasteiger partial charge is 0.486 e. The predicted octanol–water partition coefficient (Wildman–Crippen LogP) is 3.31. The van der Waals surface area contributed by atoms with Crippen molar-refractivity contribution in [1.82, 2.24) is 10.3 Å². The number of rotatable bonds is 5. The number of aromatic nitrogens is 1. The van der Waals surface area contributed by atoms with Crippen LogP contribution in [0.15, 0.2) is 29.6 Å². The van der Waals surface area contributed by atoms with E-state index in [-0.39, 0.29) is 0 Å². The summed E-state index contributed by atoms with van der Waals surface area (Å²) < 4.78 is 5.70. The molecule has 1 N–H and O–H groups in total. The van der Waals surface area contributed by atoms with Gasteiger partial charge in [-0.1, -0.05) is 12.1 Å². The second-order valence-corrected chi connectivity index (χ2v) is 5.19. The molecule has 0 aliphatic carbocycles. The fourth-order valence-corrected chi connectivity index (χ4v) is 2.32. The lowest BCUT2D eigenvalue weighted by Gasteiger charge is -2.11. The average molecular weight is 262 g/mol. The summed E-state index contributed by atoms with van der Waals surface area (Å²) in [5, 5.41) is 6.26. The second-order valence-electron chi connectivity index (χ2n) is 4.25. The summed E-state index contributed by atoms with van der Waals surface area (Å²) in [5.74, 6) is 0.884. The van der Waals surface area contributed by atoms with Crippen molar-refractivity contribution in [3.8, 4) is 5.75 Å². The first-order chi connectivity index (χ1) is 8.69. The van der Waals surface area contributed by atoms with Gasteiger partial charge in [0.15, 0.2) is 0 Å². The van der Waals surface area contributed by atoms with E-state index in [1.54, 1.807) is 11.3 Å². The number of aryl methyl sites for hydroxylation is 1. The molecule has 0 saturated carbocycles. The molecule has 96 valence electrons. The maximum absolute atomic E-state index is 5.70. The third-order valence-electron chi connectivity index (χ3n) is 2.84. The molecule has 4 heteroatoms. The van der Waals surface area contributed by atoms with E-state index in [9.17, 15) is 0 Å². The number of benzene rings is 1. The summed E-state index contributed by atoms with van der Waals surface area (Å²) in [6.07, 6.45) is 0. The van der Waals surface area contributed by atoms with Gasteiger partial charge in [0.2, 0.25) is 0 Å². The molecule has 2 aromatic rings. The second kappa shape index (κ2) is 5.98. The molecule has 1 aromatic heterocycles. The van der Waals surface area contributed by atoms with Gasteiger partial charge in [0.25, 0.3) is 0 Å². The van der Waals surface area contributed by atoms with Crippen LogP contribution in [-0.2, 0) is 6.61 Å². The van der Waals surface area contributed by atoms with Crippen LogP contribution in [0, 0.1) is 6.92 Å². The fourth-order valence-electron chi connectivity index (χ4n) is 1.63. The smallest absolute Gasteiger partial charge is 0.140 e. The van der Waals surface area contributed by atoms with Crippen LogP contribution in [0.5, 0.6) is 5.75 Å². The third-order valence-corrected chi connectivity index (χ3v) is 3.78. The molecular formula is C14H18N2OS. The lowest BCUT2D eigenvalue weighted by molar-refractivity contribution is 0.305. The van der Waals surface area contributed by atoms with Gasteiger partial charge in [-0.3, -0.25) is 0 Å². The first-order valence-corrected chi connectivity index (χ1v) is 6.88. The van der Waals surface area contributed by atoms with E-state index in [1.807, 2.05) is 31.5 Å². The normalized spacial score (nSPS) is 12.4. The number of nitrogens with zero attached hydrogens (tertiary/aromatic N) is 1. The summed E-state index contributed by atoms with van der Waals surface area (Å²) in [6.45, 7) is 4.67. The Kier molecular flexibility index (Phi) is 4.33. The van der Waals surface area contributed by atoms with Gasteiger partial charge in [0.1, 0.15) is 17.4 Å². The van der Waals surface area contributed by atoms with Crippen LogP contribution in [0.3, 0.4) is 0 Å². The highest BCUT2D eigenvalue weighted by atomic mass is 32.1. The molecule has 18 heavy (non-hydrogen) atoms. The van der Waals surface area contributed by atoms with E-state index in [0.717, 1.165) is 16.5 Å². The highest BCUT2D eigenvalue weighted by Gasteiger charge is 2.03. The van der Waals surface area contributed by atoms with E-state index in [1.165, 1.54) is 5.56 Å². The Morgan fingerprint density at radius 1 is 1.33 bits per heavy atom. The van der Waals surface area contributed by atoms with Crippen LogP contribution < -0.4 is 10.1 Å². The molecule has 0 radical (unpaired) electrons. The third kappa shape index (κ3) is 3.31.